The number of carbonyl (C=O) groups excluding carboxylic acids is 2. The first-order valence-corrected chi connectivity index (χ1v) is 11.3. The molecular weight excluding hydrogens is 451 g/mol. The van der Waals surface area contributed by atoms with Gasteiger partial charge in [-0.3, -0.25) is 14.9 Å². The Morgan fingerprint density at radius 2 is 1.63 bits per heavy atom. The molecule has 178 valence electrons. The summed E-state index contributed by atoms with van der Waals surface area (Å²) < 4.78 is 19.7. The molecule has 3 aromatic carbocycles. The van der Waals surface area contributed by atoms with Crippen LogP contribution < -0.4 is 10.6 Å². The van der Waals surface area contributed by atoms with Gasteiger partial charge in [0.05, 0.1) is 11.5 Å². The smallest absolute Gasteiger partial charge is 0.411 e. The van der Waals surface area contributed by atoms with E-state index in [1.54, 1.807) is 0 Å². The molecule has 0 radical (unpaired) electrons. The molecule has 1 fully saturated rings. The second-order valence-corrected chi connectivity index (χ2v) is 8.80. The maximum Gasteiger partial charge on any atom is 0.411 e. The zero-order valence-electron chi connectivity index (χ0n) is 18.7. The van der Waals surface area contributed by atoms with Crippen LogP contribution in [0, 0.1) is 17.7 Å². The van der Waals surface area contributed by atoms with Gasteiger partial charge in [0, 0.05) is 18.2 Å². The first-order chi connectivity index (χ1) is 16.9. The first kappa shape index (κ1) is 22.6. The summed E-state index contributed by atoms with van der Waals surface area (Å²) in [6, 6.07) is 19.6. The molecule has 2 aliphatic carbocycles. The molecular formula is C27H23FN2O5. The Kier molecular flexibility index (Phi) is 5.94. The Hall–Kier alpha value is -4.20. The summed E-state index contributed by atoms with van der Waals surface area (Å²) in [5, 5.41) is 14.1. The quantitative estimate of drug-likeness (QED) is 0.463. The molecule has 0 heterocycles. The molecule has 0 saturated heterocycles. The molecule has 5 rings (SSSR count). The summed E-state index contributed by atoms with van der Waals surface area (Å²) in [6.07, 6.45) is -0.228. The Morgan fingerprint density at radius 3 is 2.26 bits per heavy atom. The monoisotopic (exact) mass is 474 g/mol. The second-order valence-electron chi connectivity index (χ2n) is 8.80. The number of ether oxygens (including phenoxy) is 1. The minimum Gasteiger partial charge on any atom is -0.481 e. The molecule has 0 unspecified atom stereocenters. The van der Waals surface area contributed by atoms with Crippen LogP contribution in [0.25, 0.3) is 11.1 Å². The van der Waals surface area contributed by atoms with Crippen molar-refractivity contribution in [2.24, 2.45) is 11.8 Å². The van der Waals surface area contributed by atoms with E-state index in [4.69, 9.17) is 9.84 Å². The maximum atomic E-state index is 14.2. The van der Waals surface area contributed by atoms with Crippen molar-refractivity contribution in [3.63, 3.8) is 0 Å². The van der Waals surface area contributed by atoms with Crippen molar-refractivity contribution in [2.75, 3.05) is 18.5 Å². The zero-order chi connectivity index (χ0) is 24.5. The summed E-state index contributed by atoms with van der Waals surface area (Å²) in [4.78, 5) is 35.8. The zero-order valence-corrected chi connectivity index (χ0v) is 18.7. The molecule has 2 aliphatic rings. The number of fused-ring (bicyclic) bond motifs is 3. The van der Waals surface area contributed by atoms with E-state index in [2.05, 4.69) is 10.6 Å². The highest BCUT2D eigenvalue weighted by Crippen LogP contribution is 2.44. The fourth-order valence-corrected chi connectivity index (χ4v) is 4.62. The molecule has 3 N–H and O–H groups in total. The van der Waals surface area contributed by atoms with E-state index in [9.17, 15) is 18.8 Å². The Labute approximate surface area is 200 Å². The van der Waals surface area contributed by atoms with E-state index in [1.807, 2.05) is 48.5 Å². The molecule has 0 spiro atoms. The number of halogens is 1. The van der Waals surface area contributed by atoms with Crippen LogP contribution in [0.2, 0.25) is 0 Å². The number of benzene rings is 3. The summed E-state index contributed by atoms with van der Waals surface area (Å²) in [7, 11) is 0. The minimum atomic E-state index is -0.898. The van der Waals surface area contributed by atoms with Gasteiger partial charge in [0.1, 0.15) is 12.4 Å². The highest BCUT2D eigenvalue weighted by atomic mass is 19.1. The number of aliphatic carboxylic acids is 1. The summed E-state index contributed by atoms with van der Waals surface area (Å²) in [5.41, 5.74) is 4.38. The number of anilines is 1. The van der Waals surface area contributed by atoms with Crippen molar-refractivity contribution >= 4 is 23.7 Å². The average Bonchev–Trinajstić information content (AvgIpc) is 3.58. The van der Waals surface area contributed by atoms with Crippen LogP contribution in [0.5, 0.6) is 0 Å². The highest BCUT2D eigenvalue weighted by Gasteiger charge is 2.43. The lowest BCUT2D eigenvalue weighted by molar-refractivity contribution is -0.138. The molecule has 35 heavy (non-hydrogen) atoms. The van der Waals surface area contributed by atoms with E-state index in [1.165, 1.54) is 12.1 Å². The van der Waals surface area contributed by atoms with Crippen molar-refractivity contribution in [3.05, 3.63) is 89.2 Å². The van der Waals surface area contributed by atoms with Crippen LogP contribution in [0.3, 0.4) is 0 Å². The number of carboxylic acids is 1. The lowest BCUT2D eigenvalue weighted by atomic mass is 9.98. The van der Waals surface area contributed by atoms with Crippen molar-refractivity contribution < 1.29 is 28.6 Å². The number of hydrogen-bond donors (Lipinski definition) is 3. The average molecular weight is 474 g/mol. The van der Waals surface area contributed by atoms with Crippen LogP contribution in [0.1, 0.15) is 33.8 Å². The van der Waals surface area contributed by atoms with Crippen molar-refractivity contribution in [1.29, 1.82) is 0 Å². The summed E-state index contributed by atoms with van der Waals surface area (Å²) in [5.74, 6) is -3.03. The molecule has 2 amide bonds. The maximum absolute atomic E-state index is 14.2. The molecule has 0 aromatic heterocycles. The van der Waals surface area contributed by atoms with Gasteiger partial charge < -0.3 is 15.2 Å². The molecule has 0 bridgehead atoms. The molecule has 7 nitrogen and oxygen atoms in total. The highest BCUT2D eigenvalue weighted by molar-refractivity contribution is 5.96. The van der Waals surface area contributed by atoms with Crippen LogP contribution in [0.15, 0.2) is 66.7 Å². The lowest BCUT2D eigenvalue weighted by Gasteiger charge is -2.15. The van der Waals surface area contributed by atoms with Gasteiger partial charge in [0.25, 0.3) is 5.91 Å². The fourth-order valence-electron chi connectivity index (χ4n) is 4.62. The third-order valence-corrected chi connectivity index (χ3v) is 6.57. The van der Waals surface area contributed by atoms with Gasteiger partial charge in [-0.25, -0.2) is 9.18 Å². The SMILES string of the molecule is O=C(Nc1ccc(F)c(C(=O)NC[C@H]2C[C@H]2C(=O)O)c1)OCC1c2ccccc2-c2ccccc21. The largest absolute Gasteiger partial charge is 0.481 e. The van der Waals surface area contributed by atoms with Crippen molar-refractivity contribution in [3.8, 4) is 11.1 Å². The van der Waals surface area contributed by atoms with Gasteiger partial charge in [0.15, 0.2) is 0 Å². The van der Waals surface area contributed by atoms with Gasteiger partial charge in [-0.05, 0) is 52.8 Å². The number of hydrogen-bond acceptors (Lipinski definition) is 4. The van der Waals surface area contributed by atoms with Gasteiger partial charge in [0.2, 0.25) is 0 Å². The van der Waals surface area contributed by atoms with Gasteiger partial charge in [-0.1, -0.05) is 48.5 Å². The predicted octanol–water partition coefficient (Wildman–Crippen LogP) is 4.64. The Bertz CT molecular complexity index is 1280. The number of rotatable bonds is 7. The fraction of sp³-hybridized carbons (Fsp3) is 0.222. The number of amides is 2. The van der Waals surface area contributed by atoms with Crippen LogP contribution in [-0.4, -0.2) is 36.2 Å². The number of nitrogens with one attached hydrogen (secondary N) is 2. The van der Waals surface area contributed by atoms with E-state index in [0.29, 0.717) is 6.42 Å². The van der Waals surface area contributed by atoms with Gasteiger partial charge >= 0.3 is 12.1 Å². The van der Waals surface area contributed by atoms with Crippen molar-refractivity contribution in [1.82, 2.24) is 5.32 Å². The normalized spacial score (nSPS) is 17.7. The number of carboxylic acid groups (broad SMARTS) is 1. The van der Waals surface area contributed by atoms with E-state index in [0.717, 1.165) is 28.3 Å². The predicted molar refractivity (Wildman–Crippen MR) is 127 cm³/mol. The first-order valence-electron chi connectivity index (χ1n) is 11.3. The van der Waals surface area contributed by atoms with Crippen LogP contribution >= 0.6 is 0 Å². The van der Waals surface area contributed by atoms with Crippen molar-refractivity contribution in [2.45, 2.75) is 12.3 Å². The van der Waals surface area contributed by atoms with E-state index < -0.39 is 29.7 Å². The number of carbonyl (C=O) groups is 3. The summed E-state index contributed by atoms with van der Waals surface area (Å²) >= 11 is 0. The van der Waals surface area contributed by atoms with Gasteiger partial charge in [-0.2, -0.15) is 0 Å². The molecule has 8 heteroatoms. The summed E-state index contributed by atoms with van der Waals surface area (Å²) in [6.45, 7) is 0.278. The molecule has 1 saturated carbocycles. The minimum absolute atomic E-state index is 0.0974. The van der Waals surface area contributed by atoms with E-state index >= 15 is 0 Å². The molecule has 0 aliphatic heterocycles. The van der Waals surface area contributed by atoms with Crippen LogP contribution in [-0.2, 0) is 9.53 Å². The van der Waals surface area contributed by atoms with E-state index in [-0.39, 0.29) is 36.2 Å². The van der Waals surface area contributed by atoms with Gasteiger partial charge in [-0.15, -0.1) is 0 Å². The molecule has 2 atom stereocenters. The second kappa shape index (κ2) is 9.21. The van der Waals surface area contributed by atoms with Crippen LogP contribution in [0.4, 0.5) is 14.9 Å². The topological polar surface area (TPSA) is 105 Å². The Morgan fingerprint density at radius 1 is 0.971 bits per heavy atom. The standard InChI is InChI=1S/C27H23FN2O5/c28-24-10-9-16(12-22(24)25(31)29-13-15-11-21(15)26(32)33)30-27(34)35-14-23-19-7-3-1-5-17(19)18-6-2-4-8-20(18)23/h1-10,12,15,21,23H,11,13-14H2,(H,29,31)(H,30,34)(H,32,33)/t15-,21-/m1/s1. The third-order valence-electron chi connectivity index (χ3n) is 6.57. The Balaban J connectivity index is 1.21. The third kappa shape index (κ3) is 4.59. The molecule has 3 aromatic rings. The lowest BCUT2D eigenvalue weighted by Crippen LogP contribution is -2.27.